The molecule has 1 atom stereocenters. The van der Waals surface area contributed by atoms with E-state index in [4.69, 9.17) is 22.4 Å². The molecule has 2 amide bonds. The summed E-state index contributed by atoms with van der Waals surface area (Å²) >= 11 is 6.37. The summed E-state index contributed by atoms with van der Waals surface area (Å²) in [7, 11) is 0. The van der Waals surface area contributed by atoms with Gasteiger partial charge in [0.25, 0.3) is 5.91 Å². The van der Waals surface area contributed by atoms with E-state index in [1.54, 1.807) is 22.9 Å². The van der Waals surface area contributed by atoms with E-state index in [1.807, 2.05) is 20.8 Å². The van der Waals surface area contributed by atoms with E-state index < -0.39 is 17.4 Å². The summed E-state index contributed by atoms with van der Waals surface area (Å²) in [6.07, 6.45) is 1.65. The molecule has 29 heavy (non-hydrogen) atoms. The van der Waals surface area contributed by atoms with E-state index in [-0.39, 0.29) is 24.8 Å². The molecule has 0 aliphatic carbocycles. The molecule has 0 aliphatic rings. The molecule has 1 aromatic heterocycles. The van der Waals surface area contributed by atoms with E-state index in [0.29, 0.717) is 29.0 Å². The van der Waals surface area contributed by atoms with Gasteiger partial charge in [-0.15, -0.1) is 0 Å². The average molecular weight is 424 g/mol. The van der Waals surface area contributed by atoms with Gasteiger partial charge in [-0.1, -0.05) is 44.5 Å². The molecule has 0 aliphatic heterocycles. The molecule has 0 spiro atoms. The highest BCUT2D eigenvalue weighted by Gasteiger charge is 2.34. The standard InChI is InChI=1S/C20H30ClN5O3/c1-20(2,3)17(19(29)23-10-12-27)24-18(28)15-13-7-6-8-14(21)16(13)26(25-15)11-5-4-9-22/h6-8,17,27H,4-5,9-12,22H2,1-3H3,(H,23,29)(H,24,28). The van der Waals surface area contributed by atoms with Crippen LogP contribution in [0.15, 0.2) is 18.2 Å². The zero-order valence-electron chi connectivity index (χ0n) is 17.2. The summed E-state index contributed by atoms with van der Waals surface area (Å²) in [4.78, 5) is 25.6. The fraction of sp³-hybridized carbons (Fsp3) is 0.550. The van der Waals surface area contributed by atoms with Gasteiger partial charge in [0.15, 0.2) is 5.69 Å². The van der Waals surface area contributed by atoms with E-state index in [1.165, 1.54) is 0 Å². The van der Waals surface area contributed by atoms with Gasteiger partial charge in [-0.25, -0.2) is 0 Å². The number of hydrogen-bond acceptors (Lipinski definition) is 5. The number of aliphatic hydroxyl groups excluding tert-OH is 1. The van der Waals surface area contributed by atoms with Gasteiger partial charge in [-0.05, 0) is 30.9 Å². The number of aliphatic hydroxyl groups is 1. The zero-order valence-corrected chi connectivity index (χ0v) is 17.9. The summed E-state index contributed by atoms with van der Waals surface area (Å²) in [5.74, 6) is -0.807. The van der Waals surface area contributed by atoms with Crippen LogP contribution in [0.2, 0.25) is 5.02 Å². The van der Waals surface area contributed by atoms with Crippen molar-refractivity contribution in [3.05, 3.63) is 28.9 Å². The first-order valence-electron chi connectivity index (χ1n) is 9.75. The number of aromatic nitrogens is 2. The Hall–Kier alpha value is -2.16. The molecule has 1 unspecified atom stereocenters. The SMILES string of the molecule is CC(C)(C)C(NC(=O)c1nn(CCCCN)c2c(Cl)cccc12)C(=O)NCCO. The second-order valence-corrected chi connectivity index (χ2v) is 8.40. The summed E-state index contributed by atoms with van der Waals surface area (Å²) < 4.78 is 1.72. The number of carbonyl (C=O) groups is 2. The van der Waals surface area contributed by atoms with Gasteiger partial charge in [0, 0.05) is 18.5 Å². The Labute approximate surface area is 175 Å². The Bertz CT molecular complexity index is 860. The van der Waals surface area contributed by atoms with Crippen molar-refractivity contribution in [3.8, 4) is 0 Å². The summed E-state index contributed by atoms with van der Waals surface area (Å²) in [5.41, 5.74) is 5.95. The van der Waals surface area contributed by atoms with Gasteiger partial charge < -0.3 is 21.5 Å². The number of unbranched alkanes of at least 4 members (excludes halogenated alkanes) is 1. The lowest BCUT2D eigenvalue weighted by Crippen LogP contribution is -2.54. The van der Waals surface area contributed by atoms with Crippen molar-refractivity contribution in [1.29, 1.82) is 0 Å². The maximum absolute atomic E-state index is 13.1. The van der Waals surface area contributed by atoms with Crippen molar-refractivity contribution in [1.82, 2.24) is 20.4 Å². The third-order valence-electron chi connectivity index (χ3n) is 4.57. The number of aryl methyl sites for hydroxylation is 1. The smallest absolute Gasteiger partial charge is 0.273 e. The number of rotatable bonds is 9. The Morgan fingerprint density at radius 2 is 2.03 bits per heavy atom. The van der Waals surface area contributed by atoms with Crippen molar-refractivity contribution >= 4 is 34.3 Å². The molecular weight excluding hydrogens is 394 g/mol. The Morgan fingerprint density at radius 3 is 2.66 bits per heavy atom. The minimum atomic E-state index is -0.793. The highest BCUT2D eigenvalue weighted by Crippen LogP contribution is 2.27. The quantitative estimate of drug-likeness (QED) is 0.457. The maximum Gasteiger partial charge on any atom is 0.273 e. The molecule has 2 aromatic rings. The van der Waals surface area contributed by atoms with Crippen LogP contribution in [0, 0.1) is 5.41 Å². The van der Waals surface area contributed by atoms with Crippen molar-refractivity contribution in [2.75, 3.05) is 19.7 Å². The minimum Gasteiger partial charge on any atom is -0.395 e. The normalized spacial score (nSPS) is 12.8. The first kappa shape index (κ1) is 23.1. The van der Waals surface area contributed by atoms with Crippen LogP contribution in [-0.4, -0.2) is 52.4 Å². The minimum absolute atomic E-state index is 0.121. The number of carbonyl (C=O) groups excluding carboxylic acids is 2. The van der Waals surface area contributed by atoms with Crippen LogP contribution < -0.4 is 16.4 Å². The number of nitrogens with zero attached hydrogens (tertiary/aromatic N) is 2. The van der Waals surface area contributed by atoms with E-state index >= 15 is 0 Å². The maximum atomic E-state index is 13.1. The Balaban J connectivity index is 2.35. The number of nitrogens with one attached hydrogen (secondary N) is 2. The number of amides is 2. The number of halogens is 1. The van der Waals surface area contributed by atoms with Gasteiger partial charge in [0.1, 0.15) is 6.04 Å². The highest BCUT2D eigenvalue weighted by molar-refractivity contribution is 6.35. The van der Waals surface area contributed by atoms with E-state index in [2.05, 4.69) is 15.7 Å². The number of hydrogen-bond donors (Lipinski definition) is 4. The number of para-hydroxylation sites is 1. The predicted octanol–water partition coefficient (Wildman–Crippen LogP) is 1.68. The molecule has 0 radical (unpaired) electrons. The molecule has 0 fully saturated rings. The van der Waals surface area contributed by atoms with Crippen molar-refractivity contribution < 1.29 is 14.7 Å². The summed E-state index contributed by atoms with van der Waals surface area (Å²) in [6, 6.07) is 4.52. The van der Waals surface area contributed by atoms with Crippen LogP contribution in [0.3, 0.4) is 0 Å². The molecule has 160 valence electrons. The van der Waals surface area contributed by atoms with Crippen LogP contribution in [0.25, 0.3) is 10.9 Å². The largest absolute Gasteiger partial charge is 0.395 e. The van der Waals surface area contributed by atoms with Crippen molar-refractivity contribution in [3.63, 3.8) is 0 Å². The zero-order chi connectivity index (χ0) is 21.6. The number of benzene rings is 1. The third-order valence-corrected chi connectivity index (χ3v) is 4.88. The molecule has 8 nitrogen and oxygen atoms in total. The number of fused-ring (bicyclic) bond motifs is 1. The first-order valence-corrected chi connectivity index (χ1v) is 10.1. The first-order chi connectivity index (χ1) is 13.7. The second kappa shape index (κ2) is 10.0. The molecule has 0 bridgehead atoms. The predicted molar refractivity (Wildman–Crippen MR) is 114 cm³/mol. The van der Waals surface area contributed by atoms with Crippen molar-refractivity contribution in [2.45, 2.75) is 46.2 Å². The Kier molecular flexibility index (Phi) is 8.01. The lowest BCUT2D eigenvalue weighted by atomic mass is 9.86. The van der Waals surface area contributed by atoms with Gasteiger partial charge in [-0.2, -0.15) is 5.10 Å². The molecule has 1 heterocycles. The van der Waals surface area contributed by atoms with Crippen LogP contribution in [0.1, 0.15) is 44.1 Å². The van der Waals surface area contributed by atoms with Crippen LogP contribution in [-0.2, 0) is 11.3 Å². The topological polar surface area (TPSA) is 122 Å². The van der Waals surface area contributed by atoms with Gasteiger partial charge in [0.05, 0.1) is 17.1 Å². The Morgan fingerprint density at radius 1 is 1.31 bits per heavy atom. The molecule has 5 N–H and O–H groups in total. The van der Waals surface area contributed by atoms with Crippen LogP contribution in [0.5, 0.6) is 0 Å². The van der Waals surface area contributed by atoms with Crippen LogP contribution >= 0.6 is 11.6 Å². The lowest BCUT2D eigenvalue weighted by Gasteiger charge is -2.30. The lowest BCUT2D eigenvalue weighted by molar-refractivity contribution is -0.125. The average Bonchev–Trinajstić information content (AvgIpc) is 3.03. The van der Waals surface area contributed by atoms with Gasteiger partial charge in [0.2, 0.25) is 5.91 Å². The van der Waals surface area contributed by atoms with Gasteiger partial charge >= 0.3 is 0 Å². The number of nitrogens with two attached hydrogens (primary N) is 1. The fourth-order valence-corrected chi connectivity index (χ4v) is 3.36. The van der Waals surface area contributed by atoms with E-state index in [9.17, 15) is 9.59 Å². The molecule has 2 rings (SSSR count). The highest BCUT2D eigenvalue weighted by atomic mass is 35.5. The second-order valence-electron chi connectivity index (χ2n) is 7.99. The van der Waals surface area contributed by atoms with Crippen LogP contribution in [0.4, 0.5) is 0 Å². The van der Waals surface area contributed by atoms with E-state index in [0.717, 1.165) is 12.8 Å². The molecule has 9 heteroatoms. The van der Waals surface area contributed by atoms with Gasteiger partial charge in [-0.3, -0.25) is 14.3 Å². The summed E-state index contributed by atoms with van der Waals surface area (Å²) in [6.45, 7) is 6.69. The molecular formula is C20H30ClN5O3. The van der Waals surface area contributed by atoms with Crippen molar-refractivity contribution in [2.24, 2.45) is 11.1 Å². The molecule has 0 saturated heterocycles. The molecule has 0 saturated carbocycles. The molecule has 1 aromatic carbocycles. The fourth-order valence-electron chi connectivity index (χ4n) is 3.08. The summed E-state index contributed by atoms with van der Waals surface area (Å²) in [5, 5.41) is 20.0. The third kappa shape index (κ3) is 5.68. The monoisotopic (exact) mass is 423 g/mol.